The zero-order valence-electron chi connectivity index (χ0n) is 6.44. The van der Waals surface area contributed by atoms with Crippen molar-refractivity contribution in [3.63, 3.8) is 0 Å². The summed E-state index contributed by atoms with van der Waals surface area (Å²) in [4.78, 5) is 0.191. The van der Waals surface area contributed by atoms with Crippen molar-refractivity contribution in [2.45, 2.75) is 10.4 Å². The Bertz CT molecular complexity index is 227. The average molecular weight is 281 g/mol. The summed E-state index contributed by atoms with van der Waals surface area (Å²) in [6.07, 6.45) is 0. The van der Waals surface area contributed by atoms with Crippen molar-refractivity contribution in [1.29, 1.82) is 0 Å². The number of rotatable bonds is 1. The van der Waals surface area contributed by atoms with Crippen LogP contribution in [0, 0.1) is 6.07 Å². The van der Waals surface area contributed by atoms with Gasteiger partial charge in [-0.25, -0.2) is 0 Å². The Kier molecular flexibility index (Phi) is 8.61. The third-order valence-corrected chi connectivity index (χ3v) is 1.66. The van der Waals surface area contributed by atoms with Crippen molar-refractivity contribution in [3.05, 3.63) is 30.3 Å². The molecule has 0 aliphatic rings. The minimum atomic E-state index is -4.19. The summed E-state index contributed by atoms with van der Waals surface area (Å²) in [7, 11) is 0. The first-order valence-corrected chi connectivity index (χ1v) is 3.61. The van der Waals surface area contributed by atoms with E-state index in [1.807, 2.05) is 0 Å². The zero-order valence-corrected chi connectivity index (χ0v) is 10.3. The second kappa shape index (κ2) is 6.97. The van der Waals surface area contributed by atoms with Gasteiger partial charge in [0.25, 0.3) is 0 Å². The zero-order chi connectivity index (χ0) is 8.32. The van der Waals surface area contributed by atoms with Crippen molar-refractivity contribution in [3.8, 4) is 0 Å². The standard InChI is InChI=1S/C7H4F3S.BrH.Mg/c8-7(9,10)11-6-4-2-1-3-5-6;;/h2-5H;1H;/q-1;;+2/p-1. The van der Waals surface area contributed by atoms with Crippen LogP contribution < -0.4 is 17.0 Å². The molecule has 1 aromatic rings. The summed E-state index contributed by atoms with van der Waals surface area (Å²) in [5.74, 6) is 0. The third kappa shape index (κ3) is 7.66. The van der Waals surface area contributed by atoms with Crippen LogP contribution in [-0.4, -0.2) is 28.6 Å². The van der Waals surface area contributed by atoms with Crippen molar-refractivity contribution >= 4 is 34.8 Å². The van der Waals surface area contributed by atoms with Gasteiger partial charge in [-0.3, -0.25) is 0 Å². The van der Waals surface area contributed by atoms with Crippen LogP contribution in [0.4, 0.5) is 13.2 Å². The molecular formula is C7H4BrF3MgS. The molecule has 0 heterocycles. The first kappa shape index (κ1) is 16.1. The minimum Gasteiger partial charge on any atom is -1.00 e. The van der Waals surface area contributed by atoms with E-state index in [9.17, 15) is 13.2 Å². The van der Waals surface area contributed by atoms with Gasteiger partial charge in [-0.05, 0) is 11.8 Å². The Labute approximate surface area is 105 Å². The van der Waals surface area contributed by atoms with E-state index < -0.39 is 5.51 Å². The van der Waals surface area contributed by atoms with Crippen molar-refractivity contribution < 1.29 is 30.2 Å². The number of hydrogen-bond donors (Lipinski definition) is 0. The molecule has 1 aromatic carbocycles. The van der Waals surface area contributed by atoms with E-state index in [1.165, 1.54) is 24.3 Å². The van der Waals surface area contributed by atoms with E-state index in [-0.39, 0.29) is 56.7 Å². The van der Waals surface area contributed by atoms with Gasteiger partial charge in [-0.15, -0.1) is 0 Å². The van der Waals surface area contributed by atoms with E-state index in [0.29, 0.717) is 0 Å². The van der Waals surface area contributed by atoms with E-state index in [4.69, 9.17) is 0 Å². The van der Waals surface area contributed by atoms with Gasteiger partial charge in [0.15, 0.2) is 0 Å². The topological polar surface area (TPSA) is 0 Å². The maximum atomic E-state index is 11.7. The molecule has 13 heavy (non-hydrogen) atoms. The fourth-order valence-electron chi connectivity index (χ4n) is 0.573. The minimum absolute atomic E-state index is 0. The smallest absolute Gasteiger partial charge is 1.00 e. The number of alkyl halides is 3. The molecule has 0 aliphatic heterocycles. The molecule has 6 heteroatoms. The molecule has 0 atom stereocenters. The molecule has 0 spiro atoms. The second-order valence-electron chi connectivity index (χ2n) is 1.78. The first-order valence-electron chi connectivity index (χ1n) is 2.80. The van der Waals surface area contributed by atoms with Crippen molar-refractivity contribution in [2.75, 3.05) is 0 Å². The van der Waals surface area contributed by atoms with Crippen LogP contribution >= 0.6 is 11.8 Å². The van der Waals surface area contributed by atoms with Gasteiger partial charge in [0.2, 0.25) is 0 Å². The Balaban J connectivity index is 0. The SMILES string of the molecule is FC(F)(F)Sc1cc[c-]cc1.[Br-].[Mg+2]. The Hall–Kier alpha value is 0.606. The molecule has 0 radical (unpaired) electrons. The number of hydrogen-bond acceptors (Lipinski definition) is 1. The number of thioether (sulfide) groups is 1. The third-order valence-electron chi connectivity index (χ3n) is 0.921. The molecule has 0 bridgehead atoms. The number of benzene rings is 1. The normalized spacial score (nSPS) is 9.77. The predicted molar refractivity (Wildman–Crippen MR) is 42.9 cm³/mol. The van der Waals surface area contributed by atoms with Gasteiger partial charge < -0.3 is 17.0 Å². The maximum absolute atomic E-state index is 11.7. The van der Waals surface area contributed by atoms with Crippen LogP contribution in [0.2, 0.25) is 0 Å². The van der Waals surface area contributed by atoms with Crippen LogP contribution in [0.15, 0.2) is 29.2 Å². The summed E-state index contributed by atoms with van der Waals surface area (Å²) in [6.45, 7) is 0. The molecule has 0 N–H and O–H groups in total. The second-order valence-corrected chi connectivity index (χ2v) is 2.92. The predicted octanol–water partition coefficient (Wildman–Crippen LogP) is -0.278. The monoisotopic (exact) mass is 280 g/mol. The summed E-state index contributed by atoms with van der Waals surface area (Å²) in [6, 6.07) is 8.29. The Morgan fingerprint density at radius 2 is 1.62 bits per heavy atom. The largest absolute Gasteiger partial charge is 2.00 e. The van der Waals surface area contributed by atoms with Crippen LogP contribution in [0.3, 0.4) is 0 Å². The van der Waals surface area contributed by atoms with Gasteiger partial charge in [0, 0.05) is 0 Å². The van der Waals surface area contributed by atoms with Gasteiger partial charge in [0.1, 0.15) is 0 Å². The maximum Gasteiger partial charge on any atom is 2.00 e. The molecule has 0 aliphatic carbocycles. The fourth-order valence-corrected chi connectivity index (χ4v) is 1.11. The molecule has 1 rings (SSSR count). The molecular weight excluding hydrogens is 277 g/mol. The molecule has 0 saturated carbocycles. The van der Waals surface area contributed by atoms with Crippen LogP contribution in [0.25, 0.3) is 0 Å². The van der Waals surface area contributed by atoms with E-state index in [2.05, 4.69) is 6.07 Å². The molecule has 0 aromatic heterocycles. The van der Waals surface area contributed by atoms with E-state index >= 15 is 0 Å². The van der Waals surface area contributed by atoms with Crippen LogP contribution in [0.5, 0.6) is 0 Å². The summed E-state index contributed by atoms with van der Waals surface area (Å²) >= 11 is -0.119. The van der Waals surface area contributed by atoms with Gasteiger partial charge >= 0.3 is 28.6 Å². The molecule has 0 saturated heterocycles. The van der Waals surface area contributed by atoms with Crippen molar-refractivity contribution in [1.82, 2.24) is 0 Å². The average Bonchev–Trinajstić information content (AvgIpc) is 1.85. The number of halogens is 4. The molecule has 0 amide bonds. The first-order chi connectivity index (χ1) is 5.08. The molecule has 0 nitrogen and oxygen atoms in total. The van der Waals surface area contributed by atoms with Crippen LogP contribution in [0.1, 0.15) is 0 Å². The molecule has 0 fully saturated rings. The van der Waals surface area contributed by atoms with Gasteiger partial charge in [0.05, 0.1) is 0 Å². The van der Waals surface area contributed by atoms with Crippen LogP contribution in [-0.2, 0) is 0 Å². The molecule has 68 valence electrons. The van der Waals surface area contributed by atoms with Crippen molar-refractivity contribution in [2.24, 2.45) is 0 Å². The Morgan fingerprint density at radius 3 is 2.00 bits per heavy atom. The summed E-state index contributed by atoms with van der Waals surface area (Å²) in [5.41, 5.74) is -4.19. The fraction of sp³-hybridized carbons (Fsp3) is 0.143. The summed E-state index contributed by atoms with van der Waals surface area (Å²) in [5, 5.41) is 0. The van der Waals surface area contributed by atoms with E-state index in [1.54, 1.807) is 0 Å². The van der Waals surface area contributed by atoms with Gasteiger partial charge in [-0.2, -0.15) is 43.5 Å². The Morgan fingerprint density at radius 1 is 1.15 bits per heavy atom. The summed E-state index contributed by atoms with van der Waals surface area (Å²) < 4.78 is 35.1. The van der Waals surface area contributed by atoms with Gasteiger partial charge in [-0.1, -0.05) is 4.90 Å². The molecule has 0 unspecified atom stereocenters. The quantitative estimate of drug-likeness (QED) is 0.388. The van der Waals surface area contributed by atoms with E-state index in [0.717, 1.165) is 0 Å².